The van der Waals surface area contributed by atoms with Gasteiger partial charge in [0.1, 0.15) is 5.69 Å². The topological polar surface area (TPSA) is 98.7 Å². The molecule has 5 aromatic rings. The molecule has 0 fully saturated rings. The Kier molecular flexibility index (Phi) is 6.99. The van der Waals surface area contributed by atoms with Gasteiger partial charge in [0.25, 0.3) is 0 Å². The first-order valence-electron chi connectivity index (χ1n) is 11.8. The molecule has 182 valence electrons. The summed E-state index contributed by atoms with van der Waals surface area (Å²) < 4.78 is 7.58. The number of aryl methyl sites for hydroxylation is 3. The number of pyridine rings is 1. The number of nitrogens with zero attached hydrogens (tertiary/aromatic N) is 5. The molecule has 8 nitrogen and oxygen atoms in total. The zero-order valence-electron chi connectivity index (χ0n) is 20.1. The van der Waals surface area contributed by atoms with E-state index in [0.717, 1.165) is 24.2 Å². The lowest BCUT2D eigenvalue weighted by molar-refractivity contribution is -0.116. The van der Waals surface area contributed by atoms with Gasteiger partial charge in [-0.1, -0.05) is 41.6 Å². The van der Waals surface area contributed by atoms with Crippen molar-refractivity contribution < 1.29 is 9.32 Å². The van der Waals surface area contributed by atoms with Crippen molar-refractivity contribution in [2.75, 3.05) is 5.32 Å². The summed E-state index contributed by atoms with van der Waals surface area (Å²) in [5.41, 5.74) is 6.27. The van der Waals surface area contributed by atoms with Gasteiger partial charge in [0, 0.05) is 47.9 Å². The van der Waals surface area contributed by atoms with Crippen molar-refractivity contribution in [1.29, 1.82) is 0 Å². The standard InChI is InChI=1S/C27H26N6O2S/c1-18-16-21(19(2)33(18)15-13-20-8-4-3-5-9-20)23-17-36-27(29-23)30-24(34)11-12-25-31-26(32-35-25)22-10-6-7-14-28-22/h3-10,14,16-17H,11-13,15H2,1-2H3,(H,29,30,34). The molecule has 0 unspecified atom stereocenters. The molecular weight excluding hydrogens is 472 g/mol. The number of nitrogens with one attached hydrogen (secondary N) is 1. The second-order valence-electron chi connectivity index (χ2n) is 8.48. The lowest BCUT2D eigenvalue weighted by Gasteiger charge is -2.09. The molecule has 0 radical (unpaired) electrons. The fourth-order valence-electron chi connectivity index (χ4n) is 4.10. The van der Waals surface area contributed by atoms with Gasteiger partial charge in [-0.15, -0.1) is 11.3 Å². The van der Waals surface area contributed by atoms with E-state index in [2.05, 4.69) is 74.2 Å². The van der Waals surface area contributed by atoms with Gasteiger partial charge in [-0.25, -0.2) is 4.98 Å². The molecule has 0 aliphatic heterocycles. The molecule has 9 heteroatoms. The number of anilines is 1. The summed E-state index contributed by atoms with van der Waals surface area (Å²) in [5, 5.41) is 9.38. The van der Waals surface area contributed by atoms with Crippen molar-refractivity contribution in [2.24, 2.45) is 0 Å². The lowest BCUT2D eigenvalue weighted by Crippen LogP contribution is -2.12. The van der Waals surface area contributed by atoms with Crippen molar-refractivity contribution in [3.63, 3.8) is 0 Å². The number of benzene rings is 1. The van der Waals surface area contributed by atoms with E-state index in [1.54, 1.807) is 6.20 Å². The van der Waals surface area contributed by atoms with Crippen molar-refractivity contribution in [3.05, 3.63) is 89.0 Å². The average molecular weight is 499 g/mol. The molecule has 36 heavy (non-hydrogen) atoms. The minimum absolute atomic E-state index is 0.151. The molecule has 0 saturated heterocycles. The maximum Gasteiger partial charge on any atom is 0.227 e. The summed E-state index contributed by atoms with van der Waals surface area (Å²) in [6.07, 6.45) is 3.20. The molecule has 1 aromatic carbocycles. The van der Waals surface area contributed by atoms with Gasteiger partial charge in [-0.2, -0.15) is 4.98 Å². The highest BCUT2D eigenvalue weighted by Crippen LogP contribution is 2.30. The van der Waals surface area contributed by atoms with Crippen LogP contribution in [0.1, 0.15) is 29.3 Å². The fraction of sp³-hybridized carbons (Fsp3) is 0.222. The number of hydrogen-bond acceptors (Lipinski definition) is 7. The maximum atomic E-state index is 12.5. The first kappa shape index (κ1) is 23.6. The number of carbonyl (C=O) groups excluding carboxylic acids is 1. The number of rotatable bonds is 9. The van der Waals surface area contributed by atoms with E-state index < -0.39 is 0 Å². The number of thiazole rings is 1. The van der Waals surface area contributed by atoms with Crippen LogP contribution in [0.3, 0.4) is 0 Å². The van der Waals surface area contributed by atoms with Gasteiger partial charge >= 0.3 is 0 Å². The molecule has 5 rings (SSSR count). The molecule has 0 spiro atoms. The fourth-order valence-corrected chi connectivity index (χ4v) is 4.83. The number of carbonyl (C=O) groups is 1. The summed E-state index contributed by atoms with van der Waals surface area (Å²) in [6.45, 7) is 5.15. The van der Waals surface area contributed by atoms with Crippen LogP contribution in [-0.4, -0.2) is 30.6 Å². The molecular formula is C27H26N6O2S. The molecule has 0 atom stereocenters. The summed E-state index contributed by atoms with van der Waals surface area (Å²) >= 11 is 1.42. The zero-order chi connectivity index (χ0) is 24.9. The van der Waals surface area contributed by atoms with Crippen LogP contribution < -0.4 is 5.32 Å². The Bertz CT molecular complexity index is 1460. The van der Waals surface area contributed by atoms with E-state index in [0.29, 0.717) is 29.0 Å². The summed E-state index contributed by atoms with van der Waals surface area (Å²) in [4.78, 5) is 25.7. The van der Waals surface area contributed by atoms with Crippen LogP contribution in [0, 0.1) is 13.8 Å². The Balaban J connectivity index is 1.18. The first-order valence-corrected chi connectivity index (χ1v) is 12.6. The molecule has 0 aliphatic carbocycles. The van der Waals surface area contributed by atoms with E-state index in [9.17, 15) is 4.79 Å². The van der Waals surface area contributed by atoms with Crippen LogP contribution in [0.15, 0.2) is 70.7 Å². The summed E-state index contributed by atoms with van der Waals surface area (Å²) in [5.74, 6) is 0.660. The Hall–Kier alpha value is -4.11. The van der Waals surface area contributed by atoms with Gasteiger partial charge in [-0.05, 0) is 44.0 Å². The van der Waals surface area contributed by atoms with Crippen LogP contribution in [0.25, 0.3) is 22.8 Å². The Morgan fingerprint density at radius 1 is 1.03 bits per heavy atom. The monoisotopic (exact) mass is 498 g/mol. The van der Waals surface area contributed by atoms with E-state index in [-0.39, 0.29) is 12.3 Å². The maximum absolute atomic E-state index is 12.5. The van der Waals surface area contributed by atoms with Crippen LogP contribution in [-0.2, 0) is 24.2 Å². The third-order valence-electron chi connectivity index (χ3n) is 6.00. The van der Waals surface area contributed by atoms with Gasteiger partial charge in [0.15, 0.2) is 5.13 Å². The predicted octanol–water partition coefficient (Wildman–Crippen LogP) is 5.49. The smallest absolute Gasteiger partial charge is 0.227 e. The van der Waals surface area contributed by atoms with Gasteiger partial charge in [0.2, 0.25) is 17.6 Å². The highest BCUT2D eigenvalue weighted by atomic mass is 32.1. The normalized spacial score (nSPS) is 11.1. The summed E-state index contributed by atoms with van der Waals surface area (Å²) in [6, 6.07) is 18.1. The van der Waals surface area contributed by atoms with Crippen molar-refractivity contribution in [2.45, 2.75) is 39.7 Å². The lowest BCUT2D eigenvalue weighted by atomic mass is 10.1. The van der Waals surface area contributed by atoms with Crippen LogP contribution in [0.2, 0.25) is 0 Å². The van der Waals surface area contributed by atoms with Gasteiger partial charge in [0.05, 0.1) is 5.69 Å². The largest absolute Gasteiger partial charge is 0.348 e. The second kappa shape index (κ2) is 10.7. The van der Waals surface area contributed by atoms with Crippen molar-refractivity contribution in [3.8, 4) is 22.8 Å². The molecule has 4 aromatic heterocycles. The quantitative estimate of drug-likeness (QED) is 0.289. The highest BCUT2D eigenvalue weighted by Gasteiger charge is 2.16. The number of hydrogen-bond donors (Lipinski definition) is 1. The minimum Gasteiger partial charge on any atom is -0.348 e. The van der Waals surface area contributed by atoms with E-state index >= 15 is 0 Å². The summed E-state index contributed by atoms with van der Waals surface area (Å²) in [7, 11) is 0. The van der Waals surface area contributed by atoms with Gasteiger partial charge in [-0.3, -0.25) is 9.78 Å². The third-order valence-corrected chi connectivity index (χ3v) is 6.75. The SMILES string of the molecule is Cc1cc(-c2csc(NC(=O)CCc3nc(-c4ccccn4)no3)n2)c(C)n1CCc1ccccc1. The molecule has 0 aliphatic rings. The van der Waals surface area contributed by atoms with Gasteiger partial charge < -0.3 is 14.4 Å². The zero-order valence-corrected chi connectivity index (χ0v) is 21.0. The third kappa shape index (κ3) is 5.41. The molecule has 1 N–H and O–H groups in total. The second-order valence-corrected chi connectivity index (χ2v) is 9.34. The van der Waals surface area contributed by atoms with Crippen LogP contribution in [0.5, 0.6) is 0 Å². The Morgan fingerprint density at radius 3 is 2.67 bits per heavy atom. The number of amides is 1. The molecule has 0 bridgehead atoms. The molecule has 0 saturated carbocycles. The van der Waals surface area contributed by atoms with Crippen LogP contribution >= 0.6 is 11.3 Å². The van der Waals surface area contributed by atoms with E-state index in [4.69, 9.17) is 4.52 Å². The highest BCUT2D eigenvalue weighted by molar-refractivity contribution is 7.14. The molecule has 1 amide bonds. The van der Waals surface area contributed by atoms with E-state index in [1.807, 2.05) is 29.6 Å². The Labute approximate surface area is 213 Å². The van der Waals surface area contributed by atoms with Crippen LogP contribution in [0.4, 0.5) is 5.13 Å². The average Bonchev–Trinajstić information content (AvgIpc) is 3.63. The van der Waals surface area contributed by atoms with Crippen molar-refractivity contribution in [1.82, 2.24) is 24.7 Å². The van der Waals surface area contributed by atoms with Crippen molar-refractivity contribution >= 4 is 22.4 Å². The minimum atomic E-state index is -0.151. The molecule has 4 heterocycles. The predicted molar refractivity (Wildman–Crippen MR) is 140 cm³/mol. The Morgan fingerprint density at radius 2 is 1.86 bits per heavy atom. The number of aromatic nitrogens is 5. The van der Waals surface area contributed by atoms with E-state index in [1.165, 1.54) is 28.3 Å². The first-order chi connectivity index (χ1) is 17.6.